The normalized spacial score (nSPS) is 14.8. The van der Waals surface area contributed by atoms with Gasteiger partial charge in [0.25, 0.3) is 0 Å². The summed E-state index contributed by atoms with van der Waals surface area (Å²) in [6, 6.07) is 24.2. The molecule has 1 aromatic heterocycles. The summed E-state index contributed by atoms with van der Waals surface area (Å²) in [7, 11) is 1.91. The zero-order chi connectivity index (χ0) is 21.0. The second-order valence-electron chi connectivity index (χ2n) is 8.06. The van der Waals surface area contributed by atoms with E-state index in [1.807, 2.05) is 7.05 Å². The van der Waals surface area contributed by atoms with Crippen LogP contribution >= 0.6 is 11.3 Å². The number of nitrogens with zero attached hydrogens (tertiary/aromatic N) is 3. The van der Waals surface area contributed by atoms with Crippen molar-refractivity contribution >= 4 is 32.9 Å². The number of nitrogens with one attached hydrogen (secondary N) is 1. The van der Waals surface area contributed by atoms with Crippen LogP contribution in [-0.2, 0) is 6.42 Å². The molecule has 158 valence electrons. The zero-order valence-corrected chi connectivity index (χ0v) is 18.7. The number of thiazole rings is 1. The highest BCUT2D eigenvalue weighted by Crippen LogP contribution is 2.28. The lowest BCUT2D eigenvalue weighted by atomic mass is 10.1. The predicted octanol–water partition coefficient (Wildman–Crippen LogP) is 5.37. The Labute approximate surface area is 188 Å². The highest BCUT2D eigenvalue weighted by molar-refractivity contribution is 7.14. The molecule has 4 nitrogen and oxygen atoms in total. The molecule has 0 unspecified atom stereocenters. The molecule has 1 N–H and O–H groups in total. The van der Waals surface area contributed by atoms with E-state index in [0.717, 1.165) is 50.0 Å². The fourth-order valence-corrected chi connectivity index (χ4v) is 5.03. The Hall–Kier alpha value is -2.89. The van der Waals surface area contributed by atoms with Crippen molar-refractivity contribution in [3.8, 4) is 11.3 Å². The Morgan fingerprint density at radius 2 is 1.68 bits per heavy atom. The molecule has 0 spiro atoms. The van der Waals surface area contributed by atoms with E-state index in [1.165, 1.54) is 27.6 Å². The molecule has 0 bridgehead atoms. The molecule has 1 aliphatic heterocycles. The van der Waals surface area contributed by atoms with E-state index in [9.17, 15) is 0 Å². The second kappa shape index (κ2) is 9.08. The fourth-order valence-electron chi connectivity index (χ4n) is 4.35. The monoisotopic (exact) mass is 428 g/mol. The first-order chi connectivity index (χ1) is 15.3. The van der Waals surface area contributed by atoms with Crippen molar-refractivity contribution < 1.29 is 0 Å². The maximum Gasteiger partial charge on any atom is 0.182 e. The number of piperazine rings is 1. The molecule has 0 atom stereocenters. The summed E-state index contributed by atoms with van der Waals surface area (Å²) in [5, 5.41) is 8.86. The van der Waals surface area contributed by atoms with Crippen LogP contribution in [0.15, 0.2) is 72.1 Å². The zero-order valence-electron chi connectivity index (χ0n) is 17.9. The van der Waals surface area contributed by atoms with Gasteiger partial charge in [-0.2, -0.15) is 0 Å². The average Bonchev–Trinajstić information content (AvgIpc) is 3.32. The van der Waals surface area contributed by atoms with E-state index in [-0.39, 0.29) is 0 Å². The van der Waals surface area contributed by atoms with Gasteiger partial charge in [-0.05, 0) is 23.4 Å². The summed E-state index contributed by atoms with van der Waals surface area (Å²) in [4.78, 5) is 9.73. The maximum atomic E-state index is 4.59. The Bertz CT molecular complexity index is 1140. The van der Waals surface area contributed by atoms with Gasteiger partial charge >= 0.3 is 0 Å². The van der Waals surface area contributed by atoms with Gasteiger partial charge in [-0.1, -0.05) is 60.7 Å². The van der Waals surface area contributed by atoms with Gasteiger partial charge < -0.3 is 10.2 Å². The number of anilines is 2. The Morgan fingerprint density at radius 3 is 2.45 bits per heavy atom. The molecule has 0 amide bonds. The molecule has 31 heavy (non-hydrogen) atoms. The first kappa shape index (κ1) is 20.0. The van der Waals surface area contributed by atoms with Crippen LogP contribution in [0.3, 0.4) is 0 Å². The molecule has 5 rings (SSSR count). The third-order valence-electron chi connectivity index (χ3n) is 6.16. The molecule has 4 aromatic rings. The average molecular weight is 429 g/mol. The van der Waals surface area contributed by atoms with Gasteiger partial charge in [-0.3, -0.25) is 4.90 Å². The molecule has 1 fully saturated rings. The van der Waals surface area contributed by atoms with Crippen LogP contribution in [0.1, 0.15) is 5.56 Å². The van der Waals surface area contributed by atoms with Crippen molar-refractivity contribution in [2.75, 3.05) is 50.0 Å². The molecule has 0 radical (unpaired) electrons. The van der Waals surface area contributed by atoms with E-state index in [1.54, 1.807) is 11.3 Å². The smallest absolute Gasteiger partial charge is 0.182 e. The van der Waals surface area contributed by atoms with Gasteiger partial charge in [0.05, 0.1) is 5.69 Å². The number of fused-ring (bicyclic) bond motifs is 1. The number of benzene rings is 3. The highest BCUT2D eigenvalue weighted by atomic mass is 32.1. The molecule has 3 aromatic carbocycles. The van der Waals surface area contributed by atoms with Crippen LogP contribution in [0.2, 0.25) is 0 Å². The first-order valence-electron chi connectivity index (χ1n) is 11.0. The van der Waals surface area contributed by atoms with Gasteiger partial charge in [-0.25, -0.2) is 4.98 Å². The molecule has 1 saturated heterocycles. The molecule has 0 aliphatic carbocycles. The van der Waals surface area contributed by atoms with Crippen molar-refractivity contribution in [3.63, 3.8) is 0 Å². The second-order valence-corrected chi connectivity index (χ2v) is 8.92. The summed E-state index contributed by atoms with van der Waals surface area (Å²) >= 11 is 1.64. The Balaban J connectivity index is 1.16. The number of rotatable bonds is 6. The van der Waals surface area contributed by atoms with Crippen molar-refractivity contribution in [3.05, 3.63) is 77.7 Å². The lowest BCUT2D eigenvalue weighted by molar-refractivity contribution is 0.261. The molecule has 5 heteroatoms. The Morgan fingerprint density at radius 1 is 0.903 bits per heavy atom. The lowest BCUT2D eigenvalue weighted by Crippen LogP contribution is -2.47. The summed E-state index contributed by atoms with van der Waals surface area (Å²) in [6.07, 6.45) is 1.09. The summed E-state index contributed by atoms with van der Waals surface area (Å²) in [5.74, 6) is 0. The van der Waals surface area contributed by atoms with Crippen molar-refractivity contribution in [1.29, 1.82) is 0 Å². The van der Waals surface area contributed by atoms with Gasteiger partial charge in [0.15, 0.2) is 5.13 Å². The van der Waals surface area contributed by atoms with Crippen LogP contribution in [0.4, 0.5) is 10.8 Å². The Kier molecular flexibility index (Phi) is 5.87. The van der Waals surface area contributed by atoms with E-state index in [0.29, 0.717) is 0 Å². The first-order valence-corrected chi connectivity index (χ1v) is 11.9. The van der Waals surface area contributed by atoms with E-state index in [2.05, 4.69) is 92.2 Å². The lowest BCUT2D eigenvalue weighted by Gasteiger charge is -2.36. The molecule has 1 aliphatic rings. The van der Waals surface area contributed by atoms with Crippen molar-refractivity contribution in [2.45, 2.75) is 6.42 Å². The van der Waals surface area contributed by atoms with Gasteiger partial charge in [0.1, 0.15) is 0 Å². The number of hydrogen-bond acceptors (Lipinski definition) is 5. The standard InChI is InChI=1S/C26H28N4S/c1-27-26-28-24(19-31-26)22-11-9-20(10-12-22)13-14-29-15-17-30(18-16-29)25-8-4-6-21-5-2-3-7-23(21)25/h2-12,19H,13-18H2,1H3,(H,27,28). The van der Waals surface area contributed by atoms with Gasteiger partial charge in [0.2, 0.25) is 0 Å². The largest absolute Gasteiger partial charge is 0.368 e. The SMILES string of the molecule is CNc1nc(-c2ccc(CCN3CCN(c4cccc5ccccc45)CC3)cc2)cs1. The molecular weight excluding hydrogens is 400 g/mol. The van der Waals surface area contributed by atoms with E-state index < -0.39 is 0 Å². The summed E-state index contributed by atoms with van der Waals surface area (Å²) in [6.45, 7) is 5.53. The van der Waals surface area contributed by atoms with Crippen molar-refractivity contribution in [1.82, 2.24) is 9.88 Å². The van der Waals surface area contributed by atoms with Gasteiger partial charge in [-0.15, -0.1) is 11.3 Å². The van der Waals surface area contributed by atoms with Crippen LogP contribution < -0.4 is 10.2 Å². The molecule has 0 saturated carbocycles. The third kappa shape index (κ3) is 4.43. The van der Waals surface area contributed by atoms with Crippen LogP contribution in [-0.4, -0.2) is 49.7 Å². The van der Waals surface area contributed by atoms with Crippen molar-refractivity contribution in [2.24, 2.45) is 0 Å². The number of aromatic nitrogens is 1. The van der Waals surface area contributed by atoms with Crippen LogP contribution in [0.25, 0.3) is 22.0 Å². The van der Waals surface area contributed by atoms with E-state index >= 15 is 0 Å². The quantitative estimate of drug-likeness (QED) is 0.447. The van der Waals surface area contributed by atoms with Crippen LogP contribution in [0.5, 0.6) is 0 Å². The minimum Gasteiger partial charge on any atom is -0.368 e. The minimum absolute atomic E-state index is 0.960. The maximum absolute atomic E-state index is 4.59. The molecule has 2 heterocycles. The van der Waals surface area contributed by atoms with E-state index in [4.69, 9.17) is 0 Å². The fraction of sp³-hybridized carbons (Fsp3) is 0.269. The third-order valence-corrected chi connectivity index (χ3v) is 7.02. The summed E-state index contributed by atoms with van der Waals surface area (Å²) < 4.78 is 0. The summed E-state index contributed by atoms with van der Waals surface area (Å²) in [5.41, 5.74) is 5.00. The van der Waals surface area contributed by atoms with Gasteiger partial charge in [0, 0.05) is 61.8 Å². The highest BCUT2D eigenvalue weighted by Gasteiger charge is 2.18. The molecular formula is C26H28N4S. The minimum atomic E-state index is 0.960. The van der Waals surface area contributed by atoms with Crippen LogP contribution in [0, 0.1) is 0 Å². The number of hydrogen-bond donors (Lipinski definition) is 1. The topological polar surface area (TPSA) is 31.4 Å². The predicted molar refractivity (Wildman–Crippen MR) is 133 cm³/mol.